The maximum absolute atomic E-state index is 4.27. The Kier molecular flexibility index (Phi) is 4.31. The number of nitrogens with one attached hydrogen (secondary N) is 1. The summed E-state index contributed by atoms with van der Waals surface area (Å²) < 4.78 is 1.92. The van der Waals surface area contributed by atoms with Crippen LogP contribution in [0.25, 0.3) is 0 Å². The van der Waals surface area contributed by atoms with E-state index in [1.165, 1.54) is 0 Å². The van der Waals surface area contributed by atoms with Gasteiger partial charge in [0.1, 0.15) is 5.82 Å². The van der Waals surface area contributed by atoms with Crippen LogP contribution in [0.5, 0.6) is 0 Å². The molecule has 6 heteroatoms. The number of rotatable bonds is 4. The molecule has 84 valence electrons. The molecule has 0 spiro atoms. The van der Waals surface area contributed by atoms with E-state index >= 15 is 0 Å². The fourth-order valence-corrected chi connectivity index (χ4v) is 2.94. The highest BCUT2D eigenvalue weighted by Gasteiger charge is 2.01. The second-order valence-corrected chi connectivity index (χ2v) is 5.63. The molecule has 0 unspecified atom stereocenters. The summed E-state index contributed by atoms with van der Waals surface area (Å²) in [7, 11) is 0. The van der Waals surface area contributed by atoms with Crippen LogP contribution < -0.4 is 5.32 Å². The van der Waals surface area contributed by atoms with Gasteiger partial charge in [-0.25, -0.2) is 9.97 Å². The lowest BCUT2D eigenvalue weighted by atomic mass is 10.3. The maximum atomic E-state index is 4.27. The van der Waals surface area contributed by atoms with E-state index in [2.05, 4.69) is 52.5 Å². The number of hydrogen-bond acceptors (Lipinski definition) is 4. The van der Waals surface area contributed by atoms with E-state index in [1.807, 2.05) is 11.6 Å². The summed E-state index contributed by atoms with van der Waals surface area (Å²) in [6.45, 7) is 0.830. The molecule has 2 rings (SSSR count). The van der Waals surface area contributed by atoms with Crippen molar-refractivity contribution in [1.82, 2.24) is 9.97 Å². The lowest BCUT2D eigenvalue weighted by Gasteiger charge is -2.06. The minimum absolute atomic E-state index is 0.830. The minimum Gasteiger partial charge on any atom is -0.369 e. The fraction of sp³-hybridized carbons (Fsp3) is 0.200. The van der Waals surface area contributed by atoms with Gasteiger partial charge in [0, 0.05) is 29.0 Å². The molecule has 0 aliphatic rings. The molecule has 0 bridgehead atoms. The smallest absolute Gasteiger partial charge is 0.140 e. The Morgan fingerprint density at radius 1 is 1.31 bits per heavy atom. The summed E-state index contributed by atoms with van der Waals surface area (Å²) in [5.74, 6) is 0.860. The second kappa shape index (κ2) is 5.75. The summed E-state index contributed by atoms with van der Waals surface area (Å²) in [6.07, 6.45) is 2.68. The van der Waals surface area contributed by atoms with E-state index in [4.69, 9.17) is 0 Å². The molecule has 2 aromatic rings. The predicted molar refractivity (Wildman–Crippen MR) is 73.9 cm³/mol. The first-order valence-electron chi connectivity index (χ1n) is 4.67. The van der Waals surface area contributed by atoms with Crippen LogP contribution in [0.4, 0.5) is 5.82 Å². The van der Waals surface area contributed by atoms with Gasteiger partial charge >= 0.3 is 0 Å². The average Bonchev–Trinajstić information content (AvgIpc) is 2.74. The van der Waals surface area contributed by atoms with E-state index in [0.717, 1.165) is 33.4 Å². The quantitative estimate of drug-likeness (QED) is 0.900. The third-order valence-electron chi connectivity index (χ3n) is 1.96. The van der Waals surface area contributed by atoms with E-state index in [0.29, 0.717) is 0 Å². The Bertz CT molecular complexity index is 459. The summed E-state index contributed by atoms with van der Waals surface area (Å²) >= 11 is 8.45. The Hall–Kier alpha value is -0.460. The van der Waals surface area contributed by atoms with Crippen molar-refractivity contribution in [3.05, 3.63) is 37.8 Å². The molecule has 0 saturated heterocycles. The topological polar surface area (TPSA) is 37.8 Å². The molecule has 0 aromatic carbocycles. The van der Waals surface area contributed by atoms with Gasteiger partial charge in [0.05, 0.1) is 15.7 Å². The summed E-state index contributed by atoms with van der Waals surface area (Å²) in [4.78, 5) is 8.50. The maximum Gasteiger partial charge on any atom is 0.140 e. The normalized spacial score (nSPS) is 10.4. The molecule has 0 aliphatic carbocycles. The number of thiazole rings is 1. The molecule has 0 amide bonds. The van der Waals surface area contributed by atoms with Crippen molar-refractivity contribution in [3.63, 3.8) is 0 Å². The first kappa shape index (κ1) is 12.0. The van der Waals surface area contributed by atoms with Gasteiger partial charge in [-0.2, -0.15) is 0 Å². The van der Waals surface area contributed by atoms with Crippen LogP contribution in [0, 0.1) is 0 Å². The molecule has 1 N–H and O–H groups in total. The average molecular weight is 363 g/mol. The van der Waals surface area contributed by atoms with Gasteiger partial charge in [0.2, 0.25) is 0 Å². The standard InChI is InChI=1S/C10H9Br2N3S/c11-7-3-9(12)10(14-4-7)13-2-1-8-5-16-6-15-8/h3-6H,1-2H2,(H,13,14). The van der Waals surface area contributed by atoms with Crippen molar-refractivity contribution in [2.75, 3.05) is 11.9 Å². The molecule has 0 fully saturated rings. The van der Waals surface area contributed by atoms with E-state index < -0.39 is 0 Å². The fourth-order valence-electron chi connectivity index (χ4n) is 1.21. The molecule has 16 heavy (non-hydrogen) atoms. The summed E-state index contributed by atoms with van der Waals surface area (Å²) in [5.41, 5.74) is 2.97. The monoisotopic (exact) mass is 361 g/mol. The number of anilines is 1. The van der Waals surface area contributed by atoms with Gasteiger partial charge in [-0.05, 0) is 37.9 Å². The Morgan fingerprint density at radius 2 is 2.19 bits per heavy atom. The highest BCUT2D eigenvalue weighted by Crippen LogP contribution is 2.23. The zero-order valence-electron chi connectivity index (χ0n) is 8.28. The summed E-state index contributed by atoms with van der Waals surface area (Å²) in [6, 6.07) is 1.97. The number of aromatic nitrogens is 2. The highest BCUT2D eigenvalue weighted by atomic mass is 79.9. The van der Waals surface area contributed by atoms with Crippen molar-refractivity contribution >= 4 is 49.0 Å². The van der Waals surface area contributed by atoms with Gasteiger partial charge in [-0.3, -0.25) is 0 Å². The van der Waals surface area contributed by atoms with Crippen molar-refractivity contribution in [1.29, 1.82) is 0 Å². The van der Waals surface area contributed by atoms with Crippen molar-refractivity contribution < 1.29 is 0 Å². The molecule has 0 radical (unpaired) electrons. The van der Waals surface area contributed by atoms with Gasteiger partial charge in [-0.1, -0.05) is 0 Å². The molecule has 0 aliphatic heterocycles. The van der Waals surface area contributed by atoms with Gasteiger partial charge in [-0.15, -0.1) is 11.3 Å². The first-order chi connectivity index (χ1) is 7.75. The minimum atomic E-state index is 0.830. The van der Waals surface area contributed by atoms with Crippen LogP contribution in [0.3, 0.4) is 0 Å². The van der Waals surface area contributed by atoms with Crippen LogP contribution in [-0.2, 0) is 6.42 Å². The van der Waals surface area contributed by atoms with Crippen LogP contribution in [0.15, 0.2) is 32.1 Å². The van der Waals surface area contributed by atoms with Gasteiger partial charge < -0.3 is 5.32 Å². The van der Waals surface area contributed by atoms with Crippen LogP contribution in [0.1, 0.15) is 5.69 Å². The molecule has 2 aromatic heterocycles. The Morgan fingerprint density at radius 3 is 2.88 bits per heavy atom. The predicted octanol–water partition coefficient (Wildman–Crippen LogP) is 3.72. The van der Waals surface area contributed by atoms with Gasteiger partial charge in [0.15, 0.2) is 0 Å². The van der Waals surface area contributed by atoms with Crippen molar-refractivity contribution in [3.8, 4) is 0 Å². The second-order valence-electron chi connectivity index (χ2n) is 3.14. The largest absolute Gasteiger partial charge is 0.369 e. The number of halogens is 2. The molecule has 2 heterocycles. The number of hydrogen-bond donors (Lipinski definition) is 1. The number of nitrogens with zero attached hydrogens (tertiary/aromatic N) is 2. The third-order valence-corrected chi connectivity index (χ3v) is 3.64. The SMILES string of the molecule is Brc1cnc(NCCc2cscn2)c(Br)c1. The summed E-state index contributed by atoms with van der Waals surface area (Å²) in [5, 5.41) is 5.33. The van der Waals surface area contributed by atoms with Crippen molar-refractivity contribution in [2.45, 2.75) is 6.42 Å². The lowest BCUT2D eigenvalue weighted by molar-refractivity contribution is 0.966. The van der Waals surface area contributed by atoms with E-state index in [-0.39, 0.29) is 0 Å². The molecule has 0 saturated carbocycles. The lowest BCUT2D eigenvalue weighted by Crippen LogP contribution is -2.06. The molecule has 0 atom stereocenters. The zero-order valence-corrected chi connectivity index (χ0v) is 12.3. The molecular weight excluding hydrogens is 354 g/mol. The van der Waals surface area contributed by atoms with E-state index in [1.54, 1.807) is 17.5 Å². The number of pyridine rings is 1. The molecular formula is C10H9Br2N3S. The Balaban J connectivity index is 1.90. The highest BCUT2D eigenvalue weighted by molar-refractivity contribution is 9.11. The zero-order chi connectivity index (χ0) is 11.4. The third kappa shape index (κ3) is 3.26. The molecule has 3 nitrogen and oxygen atoms in total. The Labute approximate surface area is 115 Å². The van der Waals surface area contributed by atoms with E-state index in [9.17, 15) is 0 Å². The van der Waals surface area contributed by atoms with Crippen LogP contribution >= 0.6 is 43.2 Å². The van der Waals surface area contributed by atoms with Crippen LogP contribution in [-0.4, -0.2) is 16.5 Å². The van der Waals surface area contributed by atoms with Crippen LogP contribution in [0.2, 0.25) is 0 Å². The van der Waals surface area contributed by atoms with Crippen molar-refractivity contribution in [2.24, 2.45) is 0 Å². The first-order valence-corrected chi connectivity index (χ1v) is 7.20. The van der Waals surface area contributed by atoms with Gasteiger partial charge in [0.25, 0.3) is 0 Å².